The number of ether oxygens (including phenoxy) is 1. The van der Waals surface area contributed by atoms with Crippen molar-refractivity contribution in [1.29, 1.82) is 0 Å². The zero-order chi connectivity index (χ0) is 17.9. The molecule has 4 N–H and O–H groups in total. The van der Waals surface area contributed by atoms with Crippen LogP contribution >= 0.6 is 0 Å². The summed E-state index contributed by atoms with van der Waals surface area (Å²) in [5.74, 6) is -0.749. The predicted octanol–water partition coefficient (Wildman–Crippen LogP) is 2.01. The quantitative estimate of drug-likeness (QED) is 0.319. The van der Waals surface area contributed by atoms with Crippen molar-refractivity contribution >= 4 is 5.97 Å². The Labute approximate surface area is 144 Å². The number of hydrogen-bond acceptors (Lipinski definition) is 5. The first-order valence-electron chi connectivity index (χ1n) is 9.03. The Bertz CT molecular complexity index is 384. The van der Waals surface area contributed by atoms with Gasteiger partial charge in [-0.1, -0.05) is 44.8 Å². The predicted molar refractivity (Wildman–Crippen MR) is 90.7 cm³/mol. The number of carboxylic acid groups (broad SMARTS) is 1. The summed E-state index contributed by atoms with van der Waals surface area (Å²) in [6.45, 7) is 1.87. The van der Waals surface area contributed by atoms with Crippen molar-refractivity contribution in [3.05, 3.63) is 12.2 Å². The zero-order valence-corrected chi connectivity index (χ0v) is 14.5. The molecule has 0 amide bonds. The smallest absolute Gasteiger partial charge is 0.303 e. The summed E-state index contributed by atoms with van der Waals surface area (Å²) in [5.41, 5.74) is 0. The van der Waals surface area contributed by atoms with Crippen LogP contribution in [-0.4, -0.2) is 56.9 Å². The van der Waals surface area contributed by atoms with E-state index in [-0.39, 0.29) is 12.5 Å². The Morgan fingerprint density at radius 3 is 2.54 bits per heavy atom. The van der Waals surface area contributed by atoms with E-state index in [0.717, 1.165) is 25.7 Å². The second-order valence-corrected chi connectivity index (χ2v) is 6.57. The summed E-state index contributed by atoms with van der Waals surface area (Å²) >= 11 is 0. The van der Waals surface area contributed by atoms with Gasteiger partial charge >= 0.3 is 5.97 Å². The molecule has 0 spiro atoms. The molecule has 0 aliphatic carbocycles. The molecular weight excluding hydrogens is 312 g/mol. The number of aliphatic hydroxyl groups excluding tert-OH is 3. The van der Waals surface area contributed by atoms with Crippen molar-refractivity contribution in [2.24, 2.45) is 0 Å². The van der Waals surface area contributed by atoms with E-state index >= 15 is 0 Å². The minimum absolute atomic E-state index is 0.225. The Morgan fingerprint density at radius 1 is 1.21 bits per heavy atom. The van der Waals surface area contributed by atoms with E-state index in [9.17, 15) is 20.1 Å². The Hall–Kier alpha value is -0.950. The van der Waals surface area contributed by atoms with E-state index < -0.39 is 30.4 Å². The van der Waals surface area contributed by atoms with Crippen molar-refractivity contribution < 1.29 is 30.0 Å². The molecule has 140 valence electrons. The van der Waals surface area contributed by atoms with Gasteiger partial charge < -0.3 is 25.2 Å². The summed E-state index contributed by atoms with van der Waals surface area (Å²) in [6, 6.07) is 0. The number of rotatable bonds is 12. The van der Waals surface area contributed by atoms with Crippen LogP contribution in [0.15, 0.2) is 12.2 Å². The molecule has 24 heavy (non-hydrogen) atoms. The summed E-state index contributed by atoms with van der Waals surface area (Å²) in [6.07, 6.45) is 7.04. The van der Waals surface area contributed by atoms with Crippen molar-refractivity contribution in [2.45, 2.75) is 95.2 Å². The monoisotopic (exact) mass is 344 g/mol. The second-order valence-electron chi connectivity index (χ2n) is 6.57. The highest BCUT2D eigenvalue weighted by Crippen LogP contribution is 2.25. The number of unbranched alkanes of at least 4 members (excludes halogenated alkanes) is 4. The lowest BCUT2D eigenvalue weighted by molar-refractivity contribution is -0.137. The van der Waals surface area contributed by atoms with Crippen LogP contribution in [0.4, 0.5) is 0 Å². The Morgan fingerprint density at radius 2 is 1.88 bits per heavy atom. The van der Waals surface area contributed by atoms with Gasteiger partial charge in [-0.05, 0) is 19.3 Å². The molecule has 0 bridgehead atoms. The third-order valence-electron chi connectivity index (χ3n) is 4.45. The SMILES string of the molecule is CCC(O)C1CC(O)C(C=CC(O)CCCCCCCC(=O)O)O1. The average Bonchev–Trinajstić information content (AvgIpc) is 2.92. The molecule has 1 fully saturated rings. The molecule has 6 heteroatoms. The largest absolute Gasteiger partial charge is 0.481 e. The molecule has 5 atom stereocenters. The lowest BCUT2D eigenvalue weighted by atomic mass is 10.0. The van der Waals surface area contributed by atoms with Crippen LogP contribution in [0.2, 0.25) is 0 Å². The van der Waals surface area contributed by atoms with Gasteiger partial charge in [-0.2, -0.15) is 0 Å². The second kappa shape index (κ2) is 11.6. The van der Waals surface area contributed by atoms with E-state index in [1.54, 1.807) is 12.2 Å². The van der Waals surface area contributed by atoms with Crippen molar-refractivity contribution in [2.75, 3.05) is 0 Å². The molecule has 0 aromatic heterocycles. The molecule has 0 radical (unpaired) electrons. The van der Waals surface area contributed by atoms with Crippen LogP contribution in [0.25, 0.3) is 0 Å². The number of aliphatic carboxylic acids is 1. The summed E-state index contributed by atoms with van der Waals surface area (Å²) < 4.78 is 5.62. The van der Waals surface area contributed by atoms with Gasteiger partial charge in [0.1, 0.15) is 6.10 Å². The molecule has 0 aromatic carbocycles. The number of carboxylic acids is 1. The maximum absolute atomic E-state index is 10.4. The van der Waals surface area contributed by atoms with Crippen LogP contribution in [-0.2, 0) is 9.53 Å². The summed E-state index contributed by atoms with van der Waals surface area (Å²) in [7, 11) is 0. The van der Waals surface area contributed by atoms with Crippen LogP contribution in [0.5, 0.6) is 0 Å². The third kappa shape index (κ3) is 8.24. The van der Waals surface area contributed by atoms with Crippen molar-refractivity contribution in [3.63, 3.8) is 0 Å². The lowest BCUT2D eigenvalue weighted by Gasteiger charge is -2.16. The molecular formula is C18H32O6. The van der Waals surface area contributed by atoms with E-state index in [0.29, 0.717) is 25.7 Å². The molecule has 0 saturated carbocycles. The maximum atomic E-state index is 10.4. The van der Waals surface area contributed by atoms with Crippen LogP contribution < -0.4 is 0 Å². The van der Waals surface area contributed by atoms with Gasteiger partial charge in [0.05, 0.1) is 24.4 Å². The van der Waals surface area contributed by atoms with Gasteiger partial charge in [-0.25, -0.2) is 0 Å². The fourth-order valence-electron chi connectivity index (χ4n) is 2.90. The van der Waals surface area contributed by atoms with E-state index in [4.69, 9.17) is 9.84 Å². The zero-order valence-electron chi connectivity index (χ0n) is 14.5. The van der Waals surface area contributed by atoms with Crippen molar-refractivity contribution in [3.8, 4) is 0 Å². The first-order valence-corrected chi connectivity index (χ1v) is 9.03. The summed E-state index contributed by atoms with van der Waals surface area (Å²) in [4.78, 5) is 10.4. The molecule has 6 nitrogen and oxygen atoms in total. The van der Waals surface area contributed by atoms with Gasteiger partial charge in [-0.15, -0.1) is 0 Å². The molecule has 1 rings (SSSR count). The topological polar surface area (TPSA) is 107 Å². The fourth-order valence-corrected chi connectivity index (χ4v) is 2.90. The number of carbonyl (C=O) groups is 1. The van der Waals surface area contributed by atoms with Gasteiger partial charge in [0, 0.05) is 12.8 Å². The first-order chi connectivity index (χ1) is 11.4. The standard InChI is InChI=1S/C18H32O6/c1-2-14(20)17-12-15(21)16(24-17)11-10-13(19)8-6-4-3-5-7-9-18(22)23/h10-11,13-17,19-21H,2-9,12H2,1H3,(H,22,23). The third-order valence-corrected chi connectivity index (χ3v) is 4.45. The molecule has 1 aliphatic heterocycles. The number of hydrogen-bond donors (Lipinski definition) is 4. The summed E-state index contributed by atoms with van der Waals surface area (Å²) in [5, 5.41) is 38.2. The number of aliphatic hydroxyl groups is 3. The minimum atomic E-state index is -0.749. The van der Waals surface area contributed by atoms with Gasteiger partial charge in [0.25, 0.3) is 0 Å². The highest BCUT2D eigenvalue weighted by atomic mass is 16.5. The van der Waals surface area contributed by atoms with Gasteiger partial charge in [0.15, 0.2) is 0 Å². The lowest BCUT2D eigenvalue weighted by Crippen LogP contribution is -2.25. The normalized spacial score (nSPS) is 26.8. The van der Waals surface area contributed by atoms with E-state index in [1.807, 2.05) is 6.92 Å². The maximum Gasteiger partial charge on any atom is 0.303 e. The Kier molecular flexibility index (Phi) is 10.2. The fraction of sp³-hybridized carbons (Fsp3) is 0.833. The Balaban J connectivity index is 2.15. The van der Waals surface area contributed by atoms with Crippen LogP contribution in [0.1, 0.15) is 64.7 Å². The van der Waals surface area contributed by atoms with Crippen LogP contribution in [0.3, 0.4) is 0 Å². The van der Waals surface area contributed by atoms with E-state index in [1.165, 1.54) is 0 Å². The van der Waals surface area contributed by atoms with Crippen molar-refractivity contribution in [1.82, 2.24) is 0 Å². The highest BCUT2D eigenvalue weighted by molar-refractivity contribution is 5.66. The van der Waals surface area contributed by atoms with Crippen LogP contribution in [0, 0.1) is 0 Å². The minimum Gasteiger partial charge on any atom is -0.481 e. The molecule has 1 heterocycles. The first kappa shape index (κ1) is 21.1. The highest BCUT2D eigenvalue weighted by Gasteiger charge is 2.35. The molecule has 0 aromatic rings. The molecule has 1 saturated heterocycles. The van der Waals surface area contributed by atoms with Gasteiger partial charge in [0.2, 0.25) is 0 Å². The van der Waals surface area contributed by atoms with Gasteiger partial charge in [-0.3, -0.25) is 4.79 Å². The molecule has 5 unspecified atom stereocenters. The molecule has 1 aliphatic rings. The average molecular weight is 344 g/mol. The van der Waals surface area contributed by atoms with E-state index in [2.05, 4.69) is 0 Å².